The lowest BCUT2D eigenvalue weighted by Crippen LogP contribution is -2.36. The predicted octanol–water partition coefficient (Wildman–Crippen LogP) is 6.94. The average Bonchev–Trinajstić information content (AvgIpc) is 3.82. The Hall–Kier alpha value is -4.70. The highest BCUT2D eigenvalue weighted by Gasteiger charge is 2.30. The van der Waals surface area contributed by atoms with Gasteiger partial charge < -0.3 is 15.0 Å². The first kappa shape index (κ1) is 30.9. The summed E-state index contributed by atoms with van der Waals surface area (Å²) >= 11 is 0. The van der Waals surface area contributed by atoms with Crippen LogP contribution in [0.25, 0.3) is 11.3 Å². The Bertz CT molecular complexity index is 1860. The molecule has 0 unspecified atom stereocenters. The highest BCUT2D eigenvalue weighted by atomic mass is 16.5. The predicted molar refractivity (Wildman–Crippen MR) is 183 cm³/mol. The van der Waals surface area contributed by atoms with Crippen LogP contribution in [-0.4, -0.2) is 54.9 Å². The highest BCUT2D eigenvalue weighted by molar-refractivity contribution is 5.89. The number of anilines is 1. The van der Waals surface area contributed by atoms with Gasteiger partial charge in [-0.3, -0.25) is 9.72 Å². The third-order valence-electron chi connectivity index (χ3n) is 9.31. The van der Waals surface area contributed by atoms with E-state index in [9.17, 15) is 4.79 Å². The maximum absolute atomic E-state index is 13.5. The molecule has 4 heterocycles. The number of nitrogens with zero attached hydrogens (tertiary/aromatic N) is 6. The molecule has 1 aliphatic carbocycles. The highest BCUT2D eigenvalue weighted by Crippen LogP contribution is 2.39. The zero-order valence-electron chi connectivity index (χ0n) is 27.7. The van der Waals surface area contributed by atoms with Gasteiger partial charge in [0.1, 0.15) is 23.5 Å². The molecule has 7 rings (SSSR count). The maximum atomic E-state index is 13.5. The average molecular weight is 633 g/mol. The van der Waals surface area contributed by atoms with Crippen LogP contribution in [0.1, 0.15) is 86.8 Å². The molecule has 2 amide bonds. The van der Waals surface area contributed by atoms with E-state index < -0.39 is 0 Å². The Labute approximate surface area is 276 Å². The van der Waals surface area contributed by atoms with E-state index in [1.165, 1.54) is 31.5 Å². The molecule has 5 aromatic rings. The topological polar surface area (TPSA) is 102 Å². The molecule has 2 N–H and O–H groups in total. The van der Waals surface area contributed by atoms with E-state index in [-0.39, 0.29) is 23.6 Å². The normalized spacial score (nSPS) is 18.3. The largest absolute Gasteiger partial charge is 0.484 e. The molecule has 0 saturated carbocycles. The molecule has 1 aliphatic heterocycles. The van der Waals surface area contributed by atoms with Gasteiger partial charge in [-0.1, -0.05) is 62.7 Å². The lowest BCUT2D eigenvalue weighted by atomic mass is 9.85. The van der Waals surface area contributed by atoms with Crippen molar-refractivity contribution in [2.24, 2.45) is 0 Å². The SMILES string of the molecule is Cc1ccc(-n2nc(C(C)(C)C)cc2NC(=O)N[C@H]2CC[C@@H](Oc3ccc4nnc(CCN5CCCC5)n4c3)c3ccccc32)cc1. The molecule has 10 nitrogen and oxygen atoms in total. The molecule has 3 aromatic heterocycles. The van der Waals surface area contributed by atoms with Crippen LogP contribution in [0.4, 0.5) is 10.6 Å². The smallest absolute Gasteiger partial charge is 0.320 e. The Balaban J connectivity index is 1.06. The number of fused-ring (bicyclic) bond motifs is 2. The number of carbonyl (C=O) groups excluding carboxylic acids is 1. The molecule has 2 aliphatic rings. The number of aryl methyl sites for hydroxylation is 1. The van der Waals surface area contributed by atoms with Gasteiger partial charge in [0.05, 0.1) is 23.6 Å². The number of likely N-dealkylation sites (tertiary alicyclic amines) is 1. The summed E-state index contributed by atoms with van der Waals surface area (Å²) in [7, 11) is 0. The van der Waals surface area contributed by atoms with Crippen LogP contribution in [0.3, 0.4) is 0 Å². The van der Waals surface area contributed by atoms with Crippen LogP contribution in [0.15, 0.2) is 72.9 Å². The fourth-order valence-corrected chi connectivity index (χ4v) is 6.64. The standard InChI is InChI=1S/C37H44N8O2/c1-25-11-13-26(14-12-25)45-35(23-32(42-45)37(2,3)4)39-36(46)38-30-16-17-31(29-10-6-5-9-28(29)30)47-27-15-18-33-40-41-34(44(33)24-27)19-22-43-20-7-8-21-43/h5-6,9-15,18,23-24,30-31H,7-8,16-17,19-22H2,1-4H3,(H2,38,39,46)/t30-,31+/m0/s1. The molecule has 2 aromatic carbocycles. The van der Waals surface area contributed by atoms with Crippen LogP contribution in [0.5, 0.6) is 5.75 Å². The van der Waals surface area contributed by atoms with E-state index in [2.05, 4.69) is 70.0 Å². The molecule has 0 spiro atoms. The first-order valence-corrected chi connectivity index (χ1v) is 16.8. The van der Waals surface area contributed by atoms with Crippen LogP contribution >= 0.6 is 0 Å². The molecular formula is C37H44N8O2. The molecule has 10 heteroatoms. The van der Waals surface area contributed by atoms with E-state index >= 15 is 0 Å². The molecule has 1 saturated heterocycles. The number of rotatable bonds is 8. The van der Waals surface area contributed by atoms with Crippen molar-refractivity contribution in [1.82, 2.24) is 34.6 Å². The number of urea groups is 1. The van der Waals surface area contributed by atoms with Gasteiger partial charge in [0.2, 0.25) is 0 Å². The van der Waals surface area contributed by atoms with E-state index in [1.54, 1.807) is 0 Å². The van der Waals surface area contributed by atoms with Crippen LogP contribution in [0, 0.1) is 6.92 Å². The van der Waals surface area contributed by atoms with Crippen molar-refractivity contribution in [3.05, 3.63) is 101 Å². The third kappa shape index (κ3) is 6.74. The Kier molecular flexibility index (Phi) is 8.44. The van der Waals surface area contributed by atoms with E-state index in [4.69, 9.17) is 9.84 Å². The van der Waals surface area contributed by atoms with Crippen molar-refractivity contribution in [3.8, 4) is 11.4 Å². The molecular weight excluding hydrogens is 588 g/mol. The second kappa shape index (κ2) is 12.8. The Morgan fingerprint density at radius 2 is 1.72 bits per heavy atom. The van der Waals surface area contributed by atoms with E-state index in [0.29, 0.717) is 5.82 Å². The van der Waals surface area contributed by atoms with Gasteiger partial charge in [-0.25, -0.2) is 9.48 Å². The summed E-state index contributed by atoms with van der Waals surface area (Å²) in [4.78, 5) is 16.0. The fourth-order valence-electron chi connectivity index (χ4n) is 6.64. The maximum Gasteiger partial charge on any atom is 0.320 e. The van der Waals surface area contributed by atoms with Gasteiger partial charge in [-0.05, 0) is 81.1 Å². The number of carbonyl (C=O) groups is 1. The Morgan fingerprint density at radius 1 is 0.957 bits per heavy atom. The quantitative estimate of drug-likeness (QED) is 0.192. The summed E-state index contributed by atoms with van der Waals surface area (Å²) in [5.41, 5.74) is 5.77. The first-order valence-electron chi connectivity index (χ1n) is 16.8. The van der Waals surface area contributed by atoms with Crippen molar-refractivity contribution < 1.29 is 9.53 Å². The molecule has 244 valence electrons. The number of hydrogen-bond acceptors (Lipinski definition) is 6. The minimum atomic E-state index is -0.266. The minimum absolute atomic E-state index is 0.133. The monoisotopic (exact) mass is 632 g/mol. The minimum Gasteiger partial charge on any atom is -0.484 e. The molecule has 1 fully saturated rings. The van der Waals surface area contributed by atoms with Gasteiger partial charge in [0, 0.05) is 24.4 Å². The zero-order valence-corrected chi connectivity index (χ0v) is 27.7. The number of ether oxygens (including phenoxy) is 1. The summed E-state index contributed by atoms with van der Waals surface area (Å²) in [6, 6.07) is 21.9. The summed E-state index contributed by atoms with van der Waals surface area (Å²) in [5, 5.41) is 20.0. The second-order valence-corrected chi connectivity index (χ2v) is 13.9. The van der Waals surface area contributed by atoms with Gasteiger partial charge >= 0.3 is 6.03 Å². The summed E-state index contributed by atoms with van der Waals surface area (Å²) in [5.74, 6) is 2.36. The number of aromatic nitrogens is 5. The summed E-state index contributed by atoms with van der Waals surface area (Å²) < 4.78 is 10.5. The van der Waals surface area contributed by atoms with Crippen LogP contribution < -0.4 is 15.4 Å². The van der Waals surface area contributed by atoms with Crippen molar-refractivity contribution in [1.29, 1.82) is 0 Å². The number of pyridine rings is 1. The Morgan fingerprint density at radius 3 is 2.49 bits per heavy atom. The lowest BCUT2D eigenvalue weighted by molar-refractivity contribution is 0.171. The number of nitrogens with one attached hydrogen (secondary N) is 2. The zero-order chi connectivity index (χ0) is 32.5. The van der Waals surface area contributed by atoms with Gasteiger partial charge in [-0.15, -0.1) is 10.2 Å². The van der Waals surface area contributed by atoms with E-state index in [0.717, 1.165) is 65.5 Å². The van der Waals surface area contributed by atoms with Gasteiger partial charge in [-0.2, -0.15) is 5.10 Å². The van der Waals surface area contributed by atoms with Gasteiger partial charge in [0.25, 0.3) is 0 Å². The van der Waals surface area contributed by atoms with Crippen molar-refractivity contribution >= 4 is 17.5 Å². The molecule has 0 bridgehead atoms. The van der Waals surface area contributed by atoms with E-state index in [1.807, 2.05) is 65.5 Å². The van der Waals surface area contributed by atoms with Crippen LogP contribution in [-0.2, 0) is 11.8 Å². The lowest BCUT2D eigenvalue weighted by Gasteiger charge is -2.32. The van der Waals surface area contributed by atoms with Crippen LogP contribution in [0.2, 0.25) is 0 Å². The molecule has 0 radical (unpaired) electrons. The van der Waals surface area contributed by atoms with Crippen molar-refractivity contribution in [3.63, 3.8) is 0 Å². The third-order valence-corrected chi connectivity index (χ3v) is 9.31. The summed E-state index contributed by atoms with van der Waals surface area (Å²) in [6.45, 7) is 11.7. The van der Waals surface area contributed by atoms with Gasteiger partial charge in [0.15, 0.2) is 5.65 Å². The molecule has 2 atom stereocenters. The number of amides is 2. The number of hydrogen-bond donors (Lipinski definition) is 2. The first-order chi connectivity index (χ1) is 22.7. The van der Waals surface area contributed by atoms with Crippen molar-refractivity contribution in [2.45, 2.75) is 77.4 Å². The summed E-state index contributed by atoms with van der Waals surface area (Å²) in [6.07, 6.45) is 6.80. The van der Waals surface area contributed by atoms with Crippen molar-refractivity contribution in [2.75, 3.05) is 25.0 Å². The molecule has 47 heavy (non-hydrogen) atoms. The second-order valence-electron chi connectivity index (χ2n) is 13.9. The number of benzene rings is 2. The fraction of sp³-hybridized carbons (Fsp3) is 0.405.